The maximum atomic E-state index is 11.5. The van der Waals surface area contributed by atoms with Crippen molar-refractivity contribution in [3.05, 3.63) is 4.91 Å². The van der Waals surface area contributed by atoms with Crippen LogP contribution in [0.5, 0.6) is 0 Å². The lowest BCUT2D eigenvalue weighted by molar-refractivity contribution is -0.134. The Kier molecular flexibility index (Phi) is 4.83. The van der Waals surface area contributed by atoms with Gasteiger partial charge in [0.2, 0.25) is 11.8 Å². The number of urea groups is 1. The molecule has 0 radical (unpaired) electrons. The van der Waals surface area contributed by atoms with E-state index in [9.17, 15) is 19.3 Å². The van der Waals surface area contributed by atoms with Gasteiger partial charge in [-0.2, -0.15) is 5.01 Å². The molecule has 1 aliphatic heterocycles. The number of alkyl halides is 1. The first-order valence-electron chi connectivity index (χ1n) is 4.89. The number of imide groups is 1. The molecule has 9 heteroatoms. The summed E-state index contributed by atoms with van der Waals surface area (Å²) in [5.74, 6) is -0.924. The highest BCUT2D eigenvalue weighted by molar-refractivity contribution is 6.18. The van der Waals surface area contributed by atoms with E-state index in [4.69, 9.17) is 11.6 Å². The second-order valence-corrected chi connectivity index (χ2v) is 3.72. The largest absolute Gasteiger partial charge is 0.341 e. The fourth-order valence-corrected chi connectivity index (χ4v) is 1.47. The molecule has 0 bridgehead atoms. The summed E-state index contributed by atoms with van der Waals surface area (Å²) in [5, 5.41) is 7.42. The van der Waals surface area contributed by atoms with E-state index in [0.717, 1.165) is 0 Å². The third-order valence-electron chi connectivity index (χ3n) is 2.17. The van der Waals surface area contributed by atoms with Gasteiger partial charge in [0.1, 0.15) is 6.04 Å². The number of rotatable bonds is 4. The summed E-state index contributed by atoms with van der Waals surface area (Å²) < 4.78 is 0. The van der Waals surface area contributed by atoms with Crippen molar-refractivity contribution in [3.8, 4) is 0 Å². The smallest absolute Gasteiger partial charge is 0.325 e. The lowest BCUT2D eigenvalue weighted by Crippen LogP contribution is -2.54. The van der Waals surface area contributed by atoms with Gasteiger partial charge in [-0.15, -0.1) is 16.5 Å². The summed E-state index contributed by atoms with van der Waals surface area (Å²) in [6.45, 7) is -0.0514. The summed E-state index contributed by atoms with van der Waals surface area (Å²) in [4.78, 5) is 43.9. The van der Waals surface area contributed by atoms with Crippen LogP contribution in [0, 0.1) is 4.91 Å². The summed E-state index contributed by atoms with van der Waals surface area (Å²) in [6.07, 6.45) is 0.338. The normalized spacial score (nSPS) is 19.5. The molecular weight excluding hydrogens is 252 g/mol. The zero-order chi connectivity index (χ0) is 12.8. The number of carbonyl (C=O) groups excluding carboxylic acids is 3. The highest BCUT2D eigenvalue weighted by atomic mass is 35.5. The van der Waals surface area contributed by atoms with Crippen LogP contribution in [0.1, 0.15) is 12.8 Å². The van der Waals surface area contributed by atoms with Gasteiger partial charge in [0, 0.05) is 12.3 Å². The van der Waals surface area contributed by atoms with Crippen LogP contribution in [-0.2, 0) is 9.59 Å². The van der Waals surface area contributed by atoms with E-state index in [2.05, 4.69) is 15.9 Å². The van der Waals surface area contributed by atoms with Crippen LogP contribution < -0.4 is 10.6 Å². The predicted octanol–water partition coefficient (Wildman–Crippen LogP) is -0.277. The Morgan fingerprint density at radius 2 is 2.29 bits per heavy atom. The van der Waals surface area contributed by atoms with E-state index in [1.54, 1.807) is 0 Å². The Labute approximate surface area is 102 Å². The molecule has 0 unspecified atom stereocenters. The molecule has 4 amide bonds. The highest BCUT2D eigenvalue weighted by Crippen LogP contribution is 2.05. The molecule has 0 aliphatic carbocycles. The van der Waals surface area contributed by atoms with Crippen molar-refractivity contribution < 1.29 is 14.4 Å². The van der Waals surface area contributed by atoms with Gasteiger partial charge in [0.25, 0.3) is 0 Å². The van der Waals surface area contributed by atoms with E-state index < -0.39 is 18.0 Å². The summed E-state index contributed by atoms with van der Waals surface area (Å²) in [5.41, 5.74) is 0. The second kappa shape index (κ2) is 6.14. The molecule has 8 nitrogen and oxygen atoms in total. The van der Waals surface area contributed by atoms with Gasteiger partial charge in [-0.05, 0) is 6.42 Å². The SMILES string of the molecule is O=NN(CCCl)C(=O)N[C@@H]1CCC(=O)NC1=O. The molecule has 17 heavy (non-hydrogen) atoms. The second-order valence-electron chi connectivity index (χ2n) is 3.35. The van der Waals surface area contributed by atoms with Crippen molar-refractivity contribution in [1.29, 1.82) is 0 Å². The van der Waals surface area contributed by atoms with Crippen molar-refractivity contribution in [1.82, 2.24) is 15.6 Å². The lowest BCUT2D eigenvalue weighted by atomic mass is 10.1. The number of carbonyl (C=O) groups is 3. The summed E-state index contributed by atoms with van der Waals surface area (Å²) in [6, 6.07) is -1.64. The monoisotopic (exact) mass is 262 g/mol. The number of amides is 4. The van der Waals surface area contributed by atoms with Crippen LogP contribution in [0.2, 0.25) is 0 Å². The zero-order valence-electron chi connectivity index (χ0n) is 8.81. The maximum Gasteiger partial charge on any atom is 0.341 e. The first kappa shape index (κ1) is 13.4. The van der Waals surface area contributed by atoms with E-state index in [-0.39, 0.29) is 31.2 Å². The van der Waals surface area contributed by atoms with Crippen LogP contribution in [0.3, 0.4) is 0 Å². The molecular formula is C8H11ClN4O4. The highest BCUT2D eigenvalue weighted by Gasteiger charge is 2.29. The molecule has 0 aromatic carbocycles. The fourth-order valence-electron chi connectivity index (χ4n) is 1.31. The van der Waals surface area contributed by atoms with Crippen molar-refractivity contribution in [2.45, 2.75) is 18.9 Å². The summed E-state index contributed by atoms with van der Waals surface area (Å²) >= 11 is 5.37. The molecule has 1 saturated heterocycles. The fraction of sp³-hybridized carbons (Fsp3) is 0.625. The molecule has 0 spiro atoms. The van der Waals surface area contributed by atoms with Crippen LogP contribution in [0.15, 0.2) is 5.29 Å². The van der Waals surface area contributed by atoms with Gasteiger partial charge in [-0.25, -0.2) is 4.79 Å². The molecule has 1 rings (SSSR count). The Morgan fingerprint density at radius 3 is 2.82 bits per heavy atom. The standard InChI is InChI=1S/C8H11ClN4O4/c9-3-4-13(12-17)8(16)10-5-1-2-6(14)11-7(5)15/h5H,1-4H2,(H,10,16)(H,11,14,15)/t5-/m1/s1. The Morgan fingerprint density at radius 1 is 1.59 bits per heavy atom. The minimum Gasteiger partial charge on any atom is -0.325 e. The van der Waals surface area contributed by atoms with Crippen molar-refractivity contribution in [2.24, 2.45) is 5.29 Å². The first-order valence-corrected chi connectivity index (χ1v) is 5.43. The number of halogens is 1. The molecule has 1 heterocycles. The van der Waals surface area contributed by atoms with Gasteiger partial charge < -0.3 is 5.32 Å². The van der Waals surface area contributed by atoms with Crippen molar-refractivity contribution in [3.63, 3.8) is 0 Å². The van der Waals surface area contributed by atoms with Crippen molar-refractivity contribution in [2.75, 3.05) is 12.4 Å². The van der Waals surface area contributed by atoms with E-state index in [1.165, 1.54) is 0 Å². The zero-order valence-corrected chi connectivity index (χ0v) is 9.57. The molecule has 94 valence electrons. The van der Waals surface area contributed by atoms with Gasteiger partial charge >= 0.3 is 6.03 Å². The molecule has 0 aromatic rings. The minimum absolute atomic E-state index is 0.0501. The average molecular weight is 263 g/mol. The topological polar surface area (TPSA) is 108 Å². The Balaban J connectivity index is 2.53. The number of nitroso groups, excluding NO2 is 1. The Bertz CT molecular complexity index is 348. The third-order valence-corrected chi connectivity index (χ3v) is 2.34. The van der Waals surface area contributed by atoms with E-state index in [0.29, 0.717) is 5.01 Å². The van der Waals surface area contributed by atoms with Crippen LogP contribution >= 0.6 is 11.6 Å². The number of nitrogens with one attached hydrogen (secondary N) is 2. The quantitative estimate of drug-likeness (QED) is 0.314. The molecule has 1 atom stereocenters. The van der Waals surface area contributed by atoms with Crippen LogP contribution in [0.4, 0.5) is 4.79 Å². The number of nitrogens with zero attached hydrogens (tertiary/aromatic N) is 2. The van der Waals surface area contributed by atoms with Gasteiger partial charge in [0.05, 0.1) is 11.8 Å². The molecule has 0 aromatic heterocycles. The van der Waals surface area contributed by atoms with Gasteiger partial charge in [0.15, 0.2) is 0 Å². The van der Waals surface area contributed by atoms with Gasteiger partial charge in [-0.1, -0.05) is 0 Å². The maximum absolute atomic E-state index is 11.5. The molecule has 2 N–H and O–H groups in total. The number of hydrogen-bond acceptors (Lipinski definition) is 5. The van der Waals surface area contributed by atoms with E-state index >= 15 is 0 Å². The first-order chi connectivity index (χ1) is 8.08. The average Bonchev–Trinajstić information content (AvgIpc) is 2.29. The van der Waals surface area contributed by atoms with Crippen molar-refractivity contribution >= 4 is 29.4 Å². The molecule has 1 aliphatic rings. The molecule has 1 fully saturated rings. The number of hydrogen-bond donors (Lipinski definition) is 2. The lowest BCUT2D eigenvalue weighted by Gasteiger charge is -2.23. The third kappa shape index (κ3) is 3.66. The van der Waals surface area contributed by atoms with Crippen LogP contribution in [0.25, 0.3) is 0 Å². The minimum atomic E-state index is -0.834. The molecule has 0 saturated carbocycles. The van der Waals surface area contributed by atoms with Crippen LogP contribution in [-0.4, -0.2) is 41.3 Å². The Hall–Kier alpha value is -1.70. The number of piperidine rings is 1. The van der Waals surface area contributed by atoms with E-state index in [1.807, 2.05) is 0 Å². The predicted molar refractivity (Wildman–Crippen MR) is 57.9 cm³/mol. The van der Waals surface area contributed by atoms with Gasteiger partial charge in [-0.3, -0.25) is 14.9 Å². The summed E-state index contributed by atoms with van der Waals surface area (Å²) in [7, 11) is 0.